The minimum Gasteiger partial charge on any atom is -0.493 e. The van der Waals surface area contributed by atoms with Crippen molar-refractivity contribution in [1.82, 2.24) is 4.98 Å². The van der Waals surface area contributed by atoms with Gasteiger partial charge in [0, 0.05) is 23.1 Å². The van der Waals surface area contributed by atoms with E-state index in [9.17, 15) is 18.5 Å². The second kappa shape index (κ2) is 7.82. The number of ether oxygens (including phenoxy) is 2. The van der Waals surface area contributed by atoms with Gasteiger partial charge in [-0.25, -0.2) is 13.4 Å². The summed E-state index contributed by atoms with van der Waals surface area (Å²) in [5, 5.41) is 12.7. The van der Waals surface area contributed by atoms with Crippen molar-refractivity contribution in [1.29, 1.82) is 0 Å². The van der Waals surface area contributed by atoms with Crippen LogP contribution in [-0.4, -0.2) is 32.5 Å². The van der Waals surface area contributed by atoms with E-state index in [1.165, 1.54) is 32.4 Å². The van der Waals surface area contributed by atoms with E-state index in [0.29, 0.717) is 17.2 Å². The van der Waals surface area contributed by atoms with Crippen LogP contribution in [0.4, 0.5) is 10.8 Å². The van der Waals surface area contributed by atoms with E-state index in [0.717, 1.165) is 23.0 Å². The molecular weight excluding hydrogens is 406 g/mol. The number of hydrogen-bond donors (Lipinski definition) is 1. The maximum absolute atomic E-state index is 12.5. The molecule has 0 bridgehead atoms. The number of nitro groups is 1. The number of aromatic nitrogens is 1. The SMILES string of the molecule is COc1ccc(-c2csc(NS(=O)(=O)c3cccc([N+](=O)[O-])c3)n2)cc1OC. The first kappa shape index (κ1) is 19.6. The predicted molar refractivity (Wildman–Crippen MR) is 105 cm³/mol. The number of nitro benzene ring substituents is 1. The summed E-state index contributed by atoms with van der Waals surface area (Å²) in [4.78, 5) is 14.3. The zero-order chi connectivity index (χ0) is 20.3. The number of anilines is 1. The molecule has 0 aliphatic carbocycles. The summed E-state index contributed by atoms with van der Waals surface area (Å²) in [5.74, 6) is 1.08. The van der Waals surface area contributed by atoms with Crippen LogP contribution >= 0.6 is 11.3 Å². The Bertz CT molecular complexity index is 1130. The third-order valence-electron chi connectivity index (χ3n) is 3.74. The highest BCUT2D eigenvalue weighted by Gasteiger charge is 2.19. The van der Waals surface area contributed by atoms with Crippen molar-refractivity contribution in [3.8, 4) is 22.8 Å². The average molecular weight is 421 g/mol. The first-order valence-corrected chi connectivity index (χ1v) is 10.2. The van der Waals surface area contributed by atoms with Crippen molar-refractivity contribution >= 4 is 32.2 Å². The van der Waals surface area contributed by atoms with Gasteiger partial charge in [-0.15, -0.1) is 11.3 Å². The molecule has 1 aromatic heterocycles. The van der Waals surface area contributed by atoms with Crippen LogP contribution in [0.5, 0.6) is 11.5 Å². The number of methoxy groups -OCH3 is 2. The van der Waals surface area contributed by atoms with E-state index in [1.807, 2.05) is 0 Å². The number of non-ortho nitro benzene ring substituents is 1. The van der Waals surface area contributed by atoms with E-state index in [1.54, 1.807) is 23.6 Å². The van der Waals surface area contributed by atoms with Gasteiger partial charge in [-0.05, 0) is 24.3 Å². The average Bonchev–Trinajstić information content (AvgIpc) is 3.15. The van der Waals surface area contributed by atoms with E-state index in [4.69, 9.17) is 9.47 Å². The molecule has 3 aromatic rings. The minimum absolute atomic E-state index is 0.135. The Labute approximate surface area is 164 Å². The Morgan fingerprint density at radius 2 is 1.86 bits per heavy atom. The number of benzene rings is 2. The van der Waals surface area contributed by atoms with Crippen molar-refractivity contribution in [2.75, 3.05) is 18.9 Å². The molecule has 11 heteroatoms. The molecule has 0 unspecified atom stereocenters. The number of sulfonamides is 1. The summed E-state index contributed by atoms with van der Waals surface area (Å²) in [7, 11) is -0.969. The maximum atomic E-state index is 12.5. The van der Waals surface area contributed by atoms with Crippen LogP contribution in [-0.2, 0) is 10.0 Å². The van der Waals surface area contributed by atoms with Gasteiger partial charge in [0.05, 0.1) is 29.7 Å². The van der Waals surface area contributed by atoms with Gasteiger partial charge >= 0.3 is 0 Å². The molecule has 0 aliphatic rings. The second-order valence-corrected chi connectivity index (χ2v) is 8.01. The van der Waals surface area contributed by atoms with E-state index >= 15 is 0 Å². The Morgan fingerprint density at radius 3 is 2.54 bits per heavy atom. The van der Waals surface area contributed by atoms with Gasteiger partial charge in [-0.3, -0.25) is 14.8 Å². The molecule has 0 spiro atoms. The summed E-state index contributed by atoms with van der Waals surface area (Å²) in [5.41, 5.74) is 0.949. The third kappa shape index (κ3) is 4.05. The Morgan fingerprint density at radius 1 is 1.11 bits per heavy atom. The summed E-state index contributed by atoms with van der Waals surface area (Å²) in [6, 6.07) is 10.0. The summed E-state index contributed by atoms with van der Waals surface area (Å²) in [6.07, 6.45) is 0. The number of thiazole rings is 1. The van der Waals surface area contributed by atoms with Crippen molar-refractivity contribution in [3.05, 3.63) is 58.0 Å². The lowest BCUT2D eigenvalue weighted by molar-refractivity contribution is -0.385. The largest absolute Gasteiger partial charge is 0.493 e. The van der Waals surface area contributed by atoms with E-state index in [2.05, 4.69) is 9.71 Å². The summed E-state index contributed by atoms with van der Waals surface area (Å²) >= 11 is 1.09. The van der Waals surface area contributed by atoms with Crippen LogP contribution in [0.25, 0.3) is 11.3 Å². The fraction of sp³-hybridized carbons (Fsp3) is 0.118. The molecule has 0 fully saturated rings. The highest BCUT2D eigenvalue weighted by molar-refractivity contribution is 7.93. The lowest BCUT2D eigenvalue weighted by atomic mass is 10.1. The molecule has 0 saturated heterocycles. The first-order valence-electron chi connectivity index (χ1n) is 7.79. The molecule has 0 amide bonds. The molecule has 146 valence electrons. The monoisotopic (exact) mass is 421 g/mol. The number of hydrogen-bond acceptors (Lipinski definition) is 8. The molecule has 9 nitrogen and oxygen atoms in total. The van der Waals surface area contributed by atoms with Crippen LogP contribution in [0, 0.1) is 10.1 Å². The van der Waals surface area contributed by atoms with Crippen molar-refractivity contribution in [3.63, 3.8) is 0 Å². The van der Waals surface area contributed by atoms with Crippen LogP contribution in [0.3, 0.4) is 0 Å². The molecule has 28 heavy (non-hydrogen) atoms. The van der Waals surface area contributed by atoms with Crippen LogP contribution in [0.2, 0.25) is 0 Å². The Kier molecular flexibility index (Phi) is 5.47. The van der Waals surface area contributed by atoms with Gasteiger partial charge in [-0.1, -0.05) is 6.07 Å². The highest BCUT2D eigenvalue weighted by Crippen LogP contribution is 2.34. The van der Waals surface area contributed by atoms with Crippen molar-refractivity contribution in [2.45, 2.75) is 4.90 Å². The predicted octanol–water partition coefficient (Wildman–Crippen LogP) is 3.54. The quantitative estimate of drug-likeness (QED) is 0.457. The topological polar surface area (TPSA) is 121 Å². The maximum Gasteiger partial charge on any atom is 0.270 e. The number of rotatable bonds is 7. The van der Waals surface area contributed by atoms with Crippen LogP contribution in [0.1, 0.15) is 0 Å². The van der Waals surface area contributed by atoms with Crippen molar-refractivity contribution in [2.24, 2.45) is 0 Å². The molecule has 0 aliphatic heterocycles. The van der Waals surface area contributed by atoms with Gasteiger partial charge in [0.25, 0.3) is 15.7 Å². The fourth-order valence-electron chi connectivity index (χ4n) is 2.39. The number of nitrogens with one attached hydrogen (secondary N) is 1. The molecule has 0 atom stereocenters. The molecular formula is C17H15N3O6S2. The zero-order valence-electron chi connectivity index (χ0n) is 14.8. The fourth-order valence-corrected chi connectivity index (χ4v) is 4.40. The summed E-state index contributed by atoms with van der Waals surface area (Å²) in [6.45, 7) is 0. The zero-order valence-corrected chi connectivity index (χ0v) is 16.4. The molecule has 3 rings (SSSR count). The van der Waals surface area contributed by atoms with E-state index in [-0.39, 0.29) is 15.7 Å². The smallest absolute Gasteiger partial charge is 0.270 e. The van der Waals surface area contributed by atoms with Gasteiger partial charge < -0.3 is 9.47 Å². The molecule has 1 N–H and O–H groups in total. The lowest BCUT2D eigenvalue weighted by Gasteiger charge is -2.08. The minimum atomic E-state index is -4.01. The Hall–Kier alpha value is -3.18. The van der Waals surface area contributed by atoms with E-state index < -0.39 is 14.9 Å². The molecule has 0 saturated carbocycles. The standard InChI is InChI=1S/C17H15N3O6S2/c1-25-15-7-6-11(8-16(15)26-2)14-10-27-17(18-14)19-28(23,24)13-5-3-4-12(9-13)20(21)22/h3-10H,1-2H3,(H,18,19). The van der Waals surface area contributed by atoms with Gasteiger partial charge in [0.1, 0.15) is 0 Å². The van der Waals surface area contributed by atoms with Gasteiger partial charge in [0.2, 0.25) is 0 Å². The highest BCUT2D eigenvalue weighted by atomic mass is 32.2. The number of nitrogens with zero attached hydrogens (tertiary/aromatic N) is 2. The molecule has 1 heterocycles. The molecule has 0 radical (unpaired) electrons. The van der Waals surface area contributed by atoms with Crippen LogP contribution < -0.4 is 14.2 Å². The van der Waals surface area contributed by atoms with Gasteiger partial charge in [-0.2, -0.15) is 0 Å². The second-order valence-electron chi connectivity index (χ2n) is 5.47. The van der Waals surface area contributed by atoms with Crippen molar-refractivity contribution < 1.29 is 22.8 Å². The lowest BCUT2D eigenvalue weighted by Crippen LogP contribution is -2.13. The molecule has 2 aromatic carbocycles. The van der Waals surface area contributed by atoms with Gasteiger partial charge in [0.15, 0.2) is 16.6 Å². The van der Waals surface area contributed by atoms with Crippen LogP contribution in [0.15, 0.2) is 52.7 Å². The first-order chi connectivity index (χ1) is 13.3. The third-order valence-corrected chi connectivity index (χ3v) is 5.97. The Balaban J connectivity index is 1.86. The normalized spacial score (nSPS) is 11.1. The summed E-state index contributed by atoms with van der Waals surface area (Å²) < 4.78 is 37.8.